The number of nitrogens with two attached hydrogens (primary N) is 1. The van der Waals surface area contributed by atoms with Gasteiger partial charge in [-0.2, -0.15) is 0 Å². The first-order valence-electron chi connectivity index (χ1n) is 6.49. The van der Waals surface area contributed by atoms with Crippen molar-refractivity contribution in [2.24, 2.45) is 0 Å². The Bertz CT molecular complexity index is 632. The fraction of sp³-hybridized carbons (Fsp3) is 0.286. The SMILES string of the molecule is Nc1nnc(-c2ccccc2O)cc1N1CCC(O)C1. The van der Waals surface area contributed by atoms with Gasteiger partial charge in [0.1, 0.15) is 5.75 Å². The van der Waals surface area contributed by atoms with Gasteiger partial charge in [0, 0.05) is 18.7 Å². The minimum Gasteiger partial charge on any atom is -0.507 e. The number of aromatic nitrogens is 2. The van der Waals surface area contributed by atoms with Crippen molar-refractivity contribution in [3.8, 4) is 17.0 Å². The second-order valence-electron chi connectivity index (χ2n) is 4.91. The van der Waals surface area contributed by atoms with Crippen LogP contribution in [0, 0.1) is 0 Å². The van der Waals surface area contributed by atoms with E-state index >= 15 is 0 Å². The molecule has 0 amide bonds. The number of phenolic OH excluding ortho intramolecular Hbond substituents is 1. The lowest BCUT2D eigenvalue weighted by Gasteiger charge is -2.19. The van der Waals surface area contributed by atoms with E-state index in [-0.39, 0.29) is 11.9 Å². The van der Waals surface area contributed by atoms with Crippen LogP contribution < -0.4 is 10.6 Å². The van der Waals surface area contributed by atoms with Crippen molar-refractivity contribution < 1.29 is 10.2 Å². The lowest BCUT2D eigenvalue weighted by molar-refractivity contribution is 0.198. The summed E-state index contributed by atoms with van der Waals surface area (Å²) in [7, 11) is 0. The Labute approximate surface area is 116 Å². The molecule has 1 fully saturated rings. The zero-order valence-electron chi connectivity index (χ0n) is 10.9. The third kappa shape index (κ3) is 2.25. The fourth-order valence-corrected chi connectivity index (χ4v) is 2.43. The standard InChI is InChI=1S/C14H16N4O2/c15-14-12(18-6-5-9(19)8-18)7-11(16-17-14)10-3-1-2-4-13(10)20/h1-4,7,9,19-20H,5-6,8H2,(H2,15,17). The molecule has 1 atom stereocenters. The number of nitrogens with zero attached hydrogens (tertiary/aromatic N) is 3. The van der Waals surface area contributed by atoms with E-state index in [4.69, 9.17) is 5.73 Å². The molecule has 0 saturated carbocycles. The summed E-state index contributed by atoms with van der Waals surface area (Å²) in [6.45, 7) is 1.27. The van der Waals surface area contributed by atoms with Gasteiger partial charge >= 0.3 is 0 Å². The van der Waals surface area contributed by atoms with Crippen LogP contribution in [0.3, 0.4) is 0 Å². The summed E-state index contributed by atoms with van der Waals surface area (Å²) in [5.41, 5.74) is 7.79. The molecule has 0 radical (unpaired) electrons. The molecule has 4 N–H and O–H groups in total. The Morgan fingerprint density at radius 3 is 2.75 bits per heavy atom. The van der Waals surface area contributed by atoms with Crippen molar-refractivity contribution >= 4 is 11.5 Å². The number of phenols is 1. The monoisotopic (exact) mass is 272 g/mol. The van der Waals surface area contributed by atoms with Crippen molar-refractivity contribution in [1.29, 1.82) is 0 Å². The molecule has 2 aromatic rings. The van der Waals surface area contributed by atoms with Gasteiger partial charge in [0.2, 0.25) is 0 Å². The molecule has 1 aliphatic heterocycles. The lowest BCUT2D eigenvalue weighted by atomic mass is 10.1. The summed E-state index contributed by atoms with van der Waals surface area (Å²) in [6, 6.07) is 8.76. The van der Waals surface area contributed by atoms with Crippen LogP contribution in [0.15, 0.2) is 30.3 Å². The van der Waals surface area contributed by atoms with Crippen molar-refractivity contribution in [3.63, 3.8) is 0 Å². The molecule has 1 aromatic carbocycles. The van der Waals surface area contributed by atoms with Crippen LogP contribution in [-0.2, 0) is 0 Å². The third-order valence-electron chi connectivity index (χ3n) is 3.49. The second-order valence-corrected chi connectivity index (χ2v) is 4.91. The first-order valence-corrected chi connectivity index (χ1v) is 6.49. The molecular formula is C14H16N4O2. The smallest absolute Gasteiger partial charge is 0.169 e. The van der Waals surface area contributed by atoms with E-state index in [9.17, 15) is 10.2 Å². The third-order valence-corrected chi connectivity index (χ3v) is 3.49. The first-order chi connectivity index (χ1) is 9.65. The van der Waals surface area contributed by atoms with Gasteiger partial charge in [-0.1, -0.05) is 12.1 Å². The maximum absolute atomic E-state index is 9.88. The summed E-state index contributed by atoms with van der Waals surface area (Å²) < 4.78 is 0. The van der Waals surface area contributed by atoms with E-state index in [1.165, 1.54) is 0 Å². The quantitative estimate of drug-likeness (QED) is 0.755. The van der Waals surface area contributed by atoms with Crippen LogP contribution in [0.25, 0.3) is 11.3 Å². The maximum Gasteiger partial charge on any atom is 0.169 e. The maximum atomic E-state index is 9.88. The van der Waals surface area contributed by atoms with Crippen LogP contribution in [0.1, 0.15) is 6.42 Å². The summed E-state index contributed by atoms with van der Waals surface area (Å²) in [6.07, 6.45) is 0.379. The number of hydrogen-bond donors (Lipinski definition) is 3. The van der Waals surface area contributed by atoms with Crippen LogP contribution >= 0.6 is 0 Å². The summed E-state index contributed by atoms with van der Waals surface area (Å²) >= 11 is 0. The van der Waals surface area contributed by atoms with E-state index in [0.717, 1.165) is 12.2 Å². The number of β-amino-alcohol motifs (C(OH)–C–C–N with tert-alkyl or cyclic N) is 1. The Balaban J connectivity index is 2.01. The van der Waals surface area contributed by atoms with E-state index in [0.29, 0.717) is 30.0 Å². The van der Waals surface area contributed by atoms with Crippen LogP contribution in [0.2, 0.25) is 0 Å². The van der Waals surface area contributed by atoms with Gasteiger partial charge in [0.15, 0.2) is 5.82 Å². The van der Waals surface area contributed by atoms with Crippen molar-refractivity contribution in [3.05, 3.63) is 30.3 Å². The Morgan fingerprint density at radius 2 is 2.05 bits per heavy atom. The van der Waals surface area contributed by atoms with Gasteiger partial charge in [-0.15, -0.1) is 10.2 Å². The highest BCUT2D eigenvalue weighted by Gasteiger charge is 2.23. The minimum absolute atomic E-state index is 0.152. The van der Waals surface area contributed by atoms with Crippen LogP contribution in [-0.4, -0.2) is 39.6 Å². The summed E-state index contributed by atoms with van der Waals surface area (Å²) in [5, 5.41) is 27.5. The fourth-order valence-electron chi connectivity index (χ4n) is 2.43. The summed E-state index contributed by atoms with van der Waals surface area (Å²) in [4.78, 5) is 1.98. The Hall–Kier alpha value is -2.34. The predicted molar refractivity (Wildman–Crippen MR) is 76.4 cm³/mol. The normalized spacial score (nSPS) is 18.4. The van der Waals surface area contributed by atoms with Crippen molar-refractivity contribution in [1.82, 2.24) is 10.2 Å². The van der Waals surface area contributed by atoms with Crippen molar-refractivity contribution in [2.75, 3.05) is 23.7 Å². The van der Waals surface area contributed by atoms with Gasteiger partial charge in [-0.3, -0.25) is 0 Å². The highest BCUT2D eigenvalue weighted by Crippen LogP contribution is 2.32. The number of aliphatic hydroxyl groups excluding tert-OH is 1. The van der Waals surface area contributed by atoms with E-state index < -0.39 is 0 Å². The lowest BCUT2D eigenvalue weighted by Crippen LogP contribution is -2.23. The molecule has 6 nitrogen and oxygen atoms in total. The van der Waals surface area contributed by atoms with Gasteiger partial charge in [0.25, 0.3) is 0 Å². The average molecular weight is 272 g/mol. The number of hydrogen-bond acceptors (Lipinski definition) is 6. The van der Waals surface area contributed by atoms with E-state index in [1.807, 2.05) is 11.0 Å². The molecule has 1 aliphatic rings. The molecule has 1 aromatic heterocycles. The molecule has 1 saturated heterocycles. The topological polar surface area (TPSA) is 95.5 Å². The molecule has 3 rings (SSSR count). The molecular weight excluding hydrogens is 256 g/mol. The number of rotatable bonds is 2. The molecule has 1 unspecified atom stereocenters. The van der Waals surface area contributed by atoms with E-state index in [2.05, 4.69) is 10.2 Å². The molecule has 0 bridgehead atoms. The molecule has 2 heterocycles. The molecule has 104 valence electrons. The number of benzene rings is 1. The minimum atomic E-state index is -0.337. The zero-order chi connectivity index (χ0) is 14.1. The number of nitrogen functional groups attached to an aromatic ring is 1. The Morgan fingerprint density at radius 1 is 1.25 bits per heavy atom. The number of para-hydroxylation sites is 1. The molecule has 20 heavy (non-hydrogen) atoms. The van der Waals surface area contributed by atoms with Crippen LogP contribution in [0.4, 0.5) is 11.5 Å². The largest absolute Gasteiger partial charge is 0.507 e. The van der Waals surface area contributed by atoms with Gasteiger partial charge in [0.05, 0.1) is 17.5 Å². The second kappa shape index (κ2) is 4.97. The highest BCUT2D eigenvalue weighted by atomic mass is 16.3. The molecule has 0 aliphatic carbocycles. The van der Waals surface area contributed by atoms with Gasteiger partial charge < -0.3 is 20.8 Å². The van der Waals surface area contributed by atoms with Gasteiger partial charge in [-0.05, 0) is 24.6 Å². The predicted octanol–water partition coefficient (Wildman–Crippen LogP) is 1.00. The number of aliphatic hydroxyl groups is 1. The van der Waals surface area contributed by atoms with E-state index in [1.54, 1.807) is 24.3 Å². The molecule has 6 heteroatoms. The number of aromatic hydroxyl groups is 1. The number of anilines is 2. The van der Waals surface area contributed by atoms with Crippen molar-refractivity contribution in [2.45, 2.75) is 12.5 Å². The average Bonchev–Trinajstić information content (AvgIpc) is 2.87. The zero-order valence-corrected chi connectivity index (χ0v) is 10.9. The Kier molecular flexibility index (Phi) is 3.15. The molecule has 0 spiro atoms. The van der Waals surface area contributed by atoms with Gasteiger partial charge in [-0.25, -0.2) is 0 Å². The highest BCUT2D eigenvalue weighted by molar-refractivity contribution is 5.74. The summed E-state index contributed by atoms with van der Waals surface area (Å²) in [5.74, 6) is 0.484. The van der Waals surface area contributed by atoms with Crippen LogP contribution in [0.5, 0.6) is 5.75 Å². The first kappa shape index (κ1) is 12.7.